The van der Waals surface area contributed by atoms with Crippen molar-refractivity contribution in [2.24, 2.45) is 0 Å². The number of para-hydroxylation sites is 5. The number of benzene rings is 4. The van der Waals surface area contributed by atoms with Gasteiger partial charge in [-0.25, -0.2) is 0 Å². The molecule has 0 aliphatic rings. The van der Waals surface area contributed by atoms with Gasteiger partial charge in [0.25, 0.3) is 0 Å². The Balaban J connectivity index is 0.000000593. The lowest BCUT2D eigenvalue weighted by Gasteiger charge is -2.12. The molecule has 0 aliphatic heterocycles. The van der Waals surface area contributed by atoms with Crippen LogP contribution >= 0.6 is 0 Å². The van der Waals surface area contributed by atoms with Crippen molar-refractivity contribution in [1.82, 2.24) is 0 Å². The number of unbranched alkanes of at least 4 members (excludes halogenated alkanes) is 9. The number of carbonyl (C=O) groups is 4. The van der Waals surface area contributed by atoms with E-state index in [0.717, 1.165) is 18.4 Å². The lowest BCUT2D eigenvalue weighted by Crippen LogP contribution is -2.29. The highest BCUT2D eigenvalue weighted by Gasteiger charge is 2.18. The van der Waals surface area contributed by atoms with Gasteiger partial charge >= 0.3 is 23.6 Å². The Hall–Kier alpha value is -5.64. The van der Waals surface area contributed by atoms with Crippen LogP contribution in [0.1, 0.15) is 118 Å². The molecule has 0 radical (unpaired) electrons. The van der Waals surface area contributed by atoms with Gasteiger partial charge in [-0.3, -0.25) is 19.2 Å². The number of nitrogens with one attached hydrogen (secondary N) is 4. The summed E-state index contributed by atoms with van der Waals surface area (Å²) >= 11 is 0. The number of rotatable bonds is 20. The van der Waals surface area contributed by atoms with Gasteiger partial charge in [-0.2, -0.15) is 0 Å². The van der Waals surface area contributed by atoms with Crippen molar-refractivity contribution in [2.45, 2.75) is 120 Å². The lowest BCUT2D eigenvalue weighted by molar-refractivity contribution is -0.133. The maximum Gasteiger partial charge on any atom is 0.314 e. The highest BCUT2D eigenvalue weighted by molar-refractivity contribution is 6.44. The van der Waals surface area contributed by atoms with Crippen LogP contribution in [0, 0.1) is 0 Å². The van der Waals surface area contributed by atoms with Gasteiger partial charge in [0.1, 0.15) is 11.5 Å². The van der Waals surface area contributed by atoms with Gasteiger partial charge in [-0.05, 0) is 86.7 Å². The van der Waals surface area contributed by atoms with Gasteiger partial charge in [0.2, 0.25) is 0 Å². The van der Waals surface area contributed by atoms with Crippen LogP contribution in [-0.4, -0.2) is 36.8 Å². The molecule has 4 amide bonds. The molecule has 0 atom stereocenters. The standard InChI is InChI=1S/C28H40N2O3.C18H20N2O3.2CH4/c1-3-5-6-7-8-9-10-11-12-13-16-23-19-21-24(22-20-23)29-27(31)28(32)30-25-17-14-15-18-26(25)33-4-2;1-3-13-9-5-6-10-14(13)19-17(21)18(22)20-15-11-7-8-12-16(15)23-4-2;;/h14-15,17-22H,3-13,16H2,1-2H3,(H,29,31)(H,30,32);5-12H,3-4H2,1-2H3,(H,19,21)(H,20,22);2*1H4. The molecule has 10 heteroatoms. The van der Waals surface area contributed by atoms with Gasteiger partial charge in [-0.1, -0.05) is 141 Å². The van der Waals surface area contributed by atoms with Crippen molar-refractivity contribution in [3.8, 4) is 11.5 Å². The Morgan fingerprint density at radius 2 is 0.845 bits per heavy atom. The molecule has 0 saturated heterocycles. The molecule has 0 heterocycles. The zero-order valence-electron chi connectivity index (χ0n) is 33.6. The van der Waals surface area contributed by atoms with Crippen LogP contribution in [0.3, 0.4) is 0 Å². The summed E-state index contributed by atoms with van der Waals surface area (Å²) in [5.41, 5.74) is 4.43. The average Bonchev–Trinajstić information content (AvgIpc) is 3.21. The van der Waals surface area contributed by atoms with Crippen LogP contribution in [-0.2, 0) is 32.0 Å². The predicted octanol–water partition coefficient (Wildman–Crippen LogP) is 11.6. The van der Waals surface area contributed by atoms with E-state index in [-0.39, 0.29) is 14.9 Å². The minimum atomic E-state index is -0.733. The maximum absolute atomic E-state index is 12.3. The normalized spacial score (nSPS) is 10.0. The molecule has 0 unspecified atom stereocenters. The van der Waals surface area contributed by atoms with E-state index in [0.29, 0.717) is 47.5 Å². The summed E-state index contributed by atoms with van der Waals surface area (Å²) in [5.74, 6) is -1.80. The summed E-state index contributed by atoms with van der Waals surface area (Å²) in [7, 11) is 0. The average molecular weight is 797 g/mol. The maximum atomic E-state index is 12.3. The number of carbonyl (C=O) groups excluding carboxylic acids is 4. The monoisotopic (exact) mass is 797 g/mol. The van der Waals surface area contributed by atoms with Gasteiger partial charge in [0, 0.05) is 11.4 Å². The third kappa shape index (κ3) is 18.5. The Labute approximate surface area is 347 Å². The molecule has 58 heavy (non-hydrogen) atoms. The van der Waals surface area contributed by atoms with Crippen molar-refractivity contribution in [2.75, 3.05) is 34.5 Å². The molecule has 0 fully saturated rings. The fraction of sp³-hybridized carbons (Fsp3) is 0.417. The molecule has 4 N–H and O–H groups in total. The summed E-state index contributed by atoms with van der Waals surface area (Å²) in [5, 5.41) is 10.5. The van der Waals surface area contributed by atoms with E-state index in [1.807, 2.05) is 69.3 Å². The van der Waals surface area contributed by atoms with E-state index in [2.05, 4.69) is 28.2 Å². The first kappa shape index (κ1) is 50.4. The predicted molar refractivity (Wildman–Crippen MR) is 241 cm³/mol. The van der Waals surface area contributed by atoms with E-state index in [1.165, 1.54) is 69.8 Å². The number of anilines is 4. The highest BCUT2D eigenvalue weighted by Crippen LogP contribution is 2.25. The van der Waals surface area contributed by atoms with Gasteiger partial charge < -0.3 is 30.7 Å². The van der Waals surface area contributed by atoms with E-state index in [4.69, 9.17) is 9.47 Å². The Morgan fingerprint density at radius 1 is 0.448 bits per heavy atom. The SMILES string of the molecule is C.C.CCCCCCCCCCCCc1ccc(NC(=O)C(=O)Nc2ccccc2OCC)cc1.CCOc1ccccc1NC(=O)C(=O)Nc1ccccc1CC. The third-order valence-corrected chi connectivity index (χ3v) is 8.96. The smallest absolute Gasteiger partial charge is 0.314 e. The Morgan fingerprint density at radius 3 is 1.31 bits per heavy atom. The van der Waals surface area contributed by atoms with Crippen LogP contribution < -0.4 is 30.7 Å². The number of hydrogen-bond donors (Lipinski definition) is 4. The van der Waals surface area contributed by atoms with Gasteiger partial charge in [-0.15, -0.1) is 0 Å². The molecule has 0 spiro atoms. The molecule has 0 aliphatic carbocycles. The fourth-order valence-electron chi connectivity index (χ4n) is 5.95. The van der Waals surface area contributed by atoms with E-state index in [1.54, 1.807) is 48.5 Å². The van der Waals surface area contributed by atoms with Crippen LogP contribution in [0.5, 0.6) is 11.5 Å². The Bertz CT molecular complexity index is 1790. The number of hydrogen-bond acceptors (Lipinski definition) is 6. The van der Waals surface area contributed by atoms with Crippen molar-refractivity contribution < 1.29 is 28.7 Å². The van der Waals surface area contributed by atoms with E-state index in [9.17, 15) is 19.2 Å². The van der Waals surface area contributed by atoms with Gasteiger partial charge in [0.15, 0.2) is 0 Å². The summed E-state index contributed by atoms with van der Waals surface area (Å²) in [6.07, 6.45) is 15.1. The molecule has 4 rings (SSSR count). The molecule has 4 aromatic carbocycles. The quantitative estimate of drug-likeness (QED) is 0.0519. The summed E-state index contributed by atoms with van der Waals surface area (Å²) in [6, 6.07) is 29.2. The first-order chi connectivity index (χ1) is 27.3. The summed E-state index contributed by atoms with van der Waals surface area (Å²) < 4.78 is 10.9. The second-order valence-electron chi connectivity index (χ2n) is 13.3. The molecule has 0 bridgehead atoms. The molecule has 0 saturated carbocycles. The van der Waals surface area contributed by atoms with Crippen molar-refractivity contribution in [1.29, 1.82) is 0 Å². The van der Waals surface area contributed by atoms with Crippen LogP contribution in [0.25, 0.3) is 0 Å². The number of ether oxygens (including phenoxy) is 2. The molecule has 10 nitrogen and oxygen atoms in total. The minimum Gasteiger partial charge on any atom is -0.492 e. The van der Waals surface area contributed by atoms with Gasteiger partial charge in [0.05, 0.1) is 24.6 Å². The largest absolute Gasteiger partial charge is 0.492 e. The zero-order valence-corrected chi connectivity index (χ0v) is 33.6. The minimum absolute atomic E-state index is 0. The third-order valence-electron chi connectivity index (χ3n) is 8.96. The molecular weight excluding hydrogens is 729 g/mol. The highest BCUT2D eigenvalue weighted by atomic mass is 16.5. The lowest BCUT2D eigenvalue weighted by atomic mass is 10.0. The van der Waals surface area contributed by atoms with E-state index >= 15 is 0 Å². The zero-order chi connectivity index (χ0) is 40.4. The number of amides is 4. The van der Waals surface area contributed by atoms with Crippen molar-refractivity contribution in [3.05, 3.63) is 108 Å². The fourth-order valence-corrected chi connectivity index (χ4v) is 5.95. The second-order valence-corrected chi connectivity index (χ2v) is 13.3. The topological polar surface area (TPSA) is 135 Å². The number of aryl methyl sites for hydroxylation is 2. The van der Waals surface area contributed by atoms with Crippen LogP contribution in [0.2, 0.25) is 0 Å². The second kappa shape index (κ2) is 29.6. The van der Waals surface area contributed by atoms with Crippen LogP contribution in [0.4, 0.5) is 22.7 Å². The molecule has 4 aromatic rings. The van der Waals surface area contributed by atoms with Crippen LogP contribution in [0.15, 0.2) is 97.1 Å². The van der Waals surface area contributed by atoms with Crippen molar-refractivity contribution >= 4 is 46.4 Å². The first-order valence-corrected chi connectivity index (χ1v) is 20.1. The molecule has 0 aromatic heterocycles. The van der Waals surface area contributed by atoms with Crippen molar-refractivity contribution in [3.63, 3.8) is 0 Å². The summed E-state index contributed by atoms with van der Waals surface area (Å²) in [6.45, 7) is 8.92. The molecule has 316 valence electrons. The molecular formula is C48H68N4O6. The van der Waals surface area contributed by atoms with E-state index < -0.39 is 23.6 Å². The summed E-state index contributed by atoms with van der Waals surface area (Å²) in [4.78, 5) is 48.7. The Kier molecular flexibility index (Phi) is 25.7. The first-order valence-electron chi connectivity index (χ1n) is 20.1.